The van der Waals surface area contributed by atoms with Gasteiger partial charge >= 0.3 is 6.03 Å². The summed E-state index contributed by atoms with van der Waals surface area (Å²) in [5, 5.41) is 6.34. The number of hydrogen-bond donors (Lipinski definition) is 2. The molecule has 2 N–H and O–H groups in total. The number of benzene rings is 3. The van der Waals surface area contributed by atoms with Crippen LogP contribution in [0.3, 0.4) is 0 Å². The van der Waals surface area contributed by atoms with Gasteiger partial charge in [0, 0.05) is 18.1 Å². The first-order valence-electron chi connectivity index (χ1n) is 28.7. The number of rotatable bonds is 40. The molecule has 2 aliphatic heterocycles. The van der Waals surface area contributed by atoms with Crippen LogP contribution in [0.15, 0.2) is 84.2 Å². The van der Waals surface area contributed by atoms with Crippen LogP contribution in [0.4, 0.5) is 10.5 Å². The van der Waals surface area contributed by atoms with Crippen molar-refractivity contribution in [1.82, 2.24) is 10.6 Å². The molecule has 10 nitrogen and oxygen atoms in total. The van der Waals surface area contributed by atoms with E-state index in [4.69, 9.17) is 18.9 Å². The van der Waals surface area contributed by atoms with Gasteiger partial charge in [-0.25, -0.2) is 4.79 Å². The Bertz CT molecular complexity index is 2080. The molecule has 72 heavy (non-hydrogen) atoms. The molecule has 0 unspecified atom stereocenters. The summed E-state index contributed by atoms with van der Waals surface area (Å²) in [5.74, 6) is 1.49. The van der Waals surface area contributed by atoms with Crippen molar-refractivity contribution in [1.29, 1.82) is 0 Å². The van der Waals surface area contributed by atoms with Crippen LogP contribution >= 0.6 is 0 Å². The second kappa shape index (κ2) is 35.0. The summed E-state index contributed by atoms with van der Waals surface area (Å²) < 4.78 is 26.5. The number of allylic oxidation sites excluding steroid dienone is 3. The van der Waals surface area contributed by atoms with Crippen molar-refractivity contribution in [2.75, 3.05) is 24.7 Å². The average Bonchev–Trinajstić information content (AvgIpc) is 3.38. The Labute approximate surface area is 434 Å². The quantitative estimate of drug-likeness (QED) is 0.0329. The zero-order valence-corrected chi connectivity index (χ0v) is 44.8. The van der Waals surface area contributed by atoms with Crippen LogP contribution in [0.2, 0.25) is 0 Å². The lowest BCUT2D eigenvalue weighted by molar-refractivity contribution is -0.124. The van der Waals surface area contributed by atoms with Gasteiger partial charge < -0.3 is 23.8 Å². The minimum atomic E-state index is -0.820. The molecule has 2 aliphatic rings. The summed E-state index contributed by atoms with van der Waals surface area (Å²) in [4.78, 5) is 38.3. The van der Waals surface area contributed by atoms with Gasteiger partial charge in [0.25, 0.3) is 11.8 Å². The standard InChI is InChI=1S/C62H91N3O7/c1-4-7-10-13-16-19-22-25-28-31-42-69-56-45-50(46-57(70-43-32-29-26-23-20-17-14-11-8-5-2)59(56)71-44-33-30-27-24-21-18-15-12-9-6-3)49-72-55-37-35-51-34-36-54(47-53(51)48-55)65-40-38-52(39-41-65)58-60(66)63-62(68)64-61(58)67/h34-41,45-48H,4-33,42-44,49H2,1-3H3,(H2,63,64,66,67,68). The van der Waals surface area contributed by atoms with E-state index in [0.717, 1.165) is 83.5 Å². The molecule has 0 radical (unpaired) electrons. The number of imide groups is 2. The van der Waals surface area contributed by atoms with Gasteiger partial charge in [0.1, 0.15) is 17.9 Å². The SMILES string of the molecule is CCCCCCCCCCCCOc1cc(COc2ccc3ccc(N4C=CC(=C5C(=O)NC(=O)NC5=O)C=C4)cc3c2)cc(OCCCCCCCCCCCC)c1OCCCCCCCCCCCC. The van der Waals surface area contributed by atoms with Gasteiger partial charge in [-0.1, -0.05) is 206 Å². The Hall–Kier alpha value is -5.25. The molecular formula is C62H91N3O7. The van der Waals surface area contributed by atoms with Gasteiger partial charge in [0.2, 0.25) is 5.75 Å². The van der Waals surface area contributed by atoms with Crippen molar-refractivity contribution in [3.63, 3.8) is 0 Å². The lowest BCUT2D eigenvalue weighted by atomic mass is 10.0. The Kier molecular flexibility index (Phi) is 28.0. The molecule has 2 heterocycles. The van der Waals surface area contributed by atoms with E-state index in [1.165, 1.54) is 154 Å². The van der Waals surface area contributed by atoms with E-state index >= 15 is 0 Å². The molecular weight excluding hydrogens is 899 g/mol. The normalized spacial score (nSPS) is 13.5. The minimum Gasteiger partial charge on any atom is -0.490 e. The van der Waals surface area contributed by atoms with Crippen LogP contribution in [0.1, 0.15) is 219 Å². The number of nitrogens with zero attached hydrogens (tertiary/aromatic N) is 1. The number of amides is 4. The molecule has 10 heteroatoms. The fourth-order valence-electron chi connectivity index (χ4n) is 9.50. The molecule has 0 saturated carbocycles. The van der Waals surface area contributed by atoms with E-state index in [-0.39, 0.29) is 5.57 Å². The number of barbiturate groups is 1. The summed E-state index contributed by atoms with van der Waals surface area (Å²) in [5.41, 5.74) is 2.17. The van der Waals surface area contributed by atoms with Crippen molar-refractivity contribution in [3.8, 4) is 23.0 Å². The van der Waals surface area contributed by atoms with Crippen molar-refractivity contribution < 1.29 is 33.3 Å². The largest absolute Gasteiger partial charge is 0.490 e. The predicted molar refractivity (Wildman–Crippen MR) is 296 cm³/mol. The number of urea groups is 1. The van der Waals surface area contributed by atoms with Gasteiger partial charge in [-0.05, 0) is 89.7 Å². The third-order valence-electron chi connectivity index (χ3n) is 13.9. The summed E-state index contributed by atoms with van der Waals surface area (Å²) >= 11 is 0. The van der Waals surface area contributed by atoms with E-state index in [0.29, 0.717) is 32.0 Å². The molecule has 0 spiro atoms. The minimum absolute atomic E-state index is 0.103. The third kappa shape index (κ3) is 21.5. The second-order valence-electron chi connectivity index (χ2n) is 20.1. The van der Waals surface area contributed by atoms with E-state index in [2.05, 4.69) is 61.7 Å². The number of carbonyl (C=O) groups excluding carboxylic acids is 3. The zero-order chi connectivity index (χ0) is 50.9. The smallest absolute Gasteiger partial charge is 0.328 e. The molecule has 0 atom stereocenters. The number of carbonyl (C=O) groups is 3. The summed E-state index contributed by atoms with van der Waals surface area (Å²) in [7, 11) is 0. The van der Waals surface area contributed by atoms with Gasteiger partial charge in [0.15, 0.2) is 11.5 Å². The van der Waals surface area contributed by atoms with E-state index in [9.17, 15) is 14.4 Å². The number of ether oxygens (including phenoxy) is 4. The monoisotopic (exact) mass is 990 g/mol. The Morgan fingerprint density at radius 3 is 1.31 bits per heavy atom. The number of hydrogen-bond acceptors (Lipinski definition) is 8. The highest BCUT2D eigenvalue weighted by atomic mass is 16.5. The maximum absolute atomic E-state index is 12.4. The first-order chi connectivity index (χ1) is 35.4. The Morgan fingerprint density at radius 1 is 0.431 bits per heavy atom. The van der Waals surface area contributed by atoms with Gasteiger partial charge in [-0.2, -0.15) is 0 Å². The first-order valence-corrected chi connectivity index (χ1v) is 28.7. The number of unbranched alkanes of at least 4 members (excludes halogenated alkanes) is 27. The van der Waals surface area contributed by atoms with Crippen LogP contribution in [0.5, 0.6) is 23.0 Å². The first kappa shape index (κ1) is 57.6. The van der Waals surface area contributed by atoms with Gasteiger partial charge in [0.05, 0.1) is 19.8 Å². The van der Waals surface area contributed by atoms with Crippen molar-refractivity contribution in [2.45, 2.75) is 220 Å². The van der Waals surface area contributed by atoms with Gasteiger partial charge in [-0.3, -0.25) is 20.2 Å². The molecule has 5 rings (SSSR count). The Balaban J connectivity index is 1.25. The number of nitrogens with one attached hydrogen (secondary N) is 2. The molecule has 396 valence electrons. The van der Waals surface area contributed by atoms with Crippen molar-refractivity contribution in [2.24, 2.45) is 0 Å². The third-order valence-corrected chi connectivity index (χ3v) is 13.9. The molecule has 0 aliphatic carbocycles. The highest BCUT2D eigenvalue weighted by molar-refractivity contribution is 6.29. The maximum Gasteiger partial charge on any atom is 0.328 e. The average molecular weight is 990 g/mol. The molecule has 0 aromatic heterocycles. The summed E-state index contributed by atoms with van der Waals surface area (Å²) in [6.07, 6.45) is 45.2. The summed E-state index contributed by atoms with van der Waals surface area (Å²) in [6, 6.07) is 15.6. The van der Waals surface area contributed by atoms with E-state index in [1.54, 1.807) is 24.6 Å². The highest BCUT2D eigenvalue weighted by Crippen LogP contribution is 2.40. The molecule has 4 amide bonds. The maximum atomic E-state index is 12.4. The van der Waals surface area contributed by atoms with Crippen LogP contribution < -0.4 is 34.5 Å². The highest BCUT2D eigenvalue weighted by Gasteiger charge is 2.30. The number of fused-ring (bicyclic) bond motifs is 1. The molecule has 1 saturated heterocycles. The van der Waals surface area contributed by atoms with E-state index < -0.39 is 17.8 Å². The van der Waals surface area contributed by atoms with Crippen LogP contribution in [0.25, 0.3) is 10.8 Å². The fraction of sp³-hybridized carbons (Fsp3) is 0.597. The van der Waals surface area contributed by atoms with Crippen molar-refractivity contribution >= 4 is 34.3 Å². The predicted octanol–water partition coefficient (Wildman–Crippen LogP) is 16.8. The summed E-state index contributed by atoms with van der Waals surface area (Å²) in [6.45, 7) is 9.05. The molecule has 1 fully saturated rings. The van der Waals surface area contributed by atoms with E-state index in [1.807, 2.05) is 23.1 Å². The van der Waals surface area contributed by atoms with Crippen molar-refractivity contribution in [3.05, 3.63) is 89.8 Å². The molecule has 0 bridgehead atoms. The topological polar surface area (TPSA) is 115 Å². The fourth-order valence-corrected chi connectivity index (χ4v) is 9.50. The Morgan fingerprint density at radius 2 is 0.847 bits per heavy atom. The lowest BCUT2D eigenvalue weighted by Gasteiger charge is -2.22. The van der Waals surface area contributed by atoms with Crippen LogP contribution in [-0.4, -0.2) is 37.7 Å². The van der Waals surface area contributed by atoms with Gasteiger partial charge in [-0.15, -0.1) is 0 Å². The number of anilines is 1. The molecule has 3 aromatic rings. The van der Waals surface area contributed by atoms with Crippen LogP contribution in [-0.2, 0) is 16.2 Å². The van der Waals surface area contributed by atoms with Crippen LogP contribution in [0, 0.1) is 0 Å². The molecule has 3 aromatic carbocycles. The zero-order valence-electron chi connectivity index (χ0n) is 44.8. The second-order valence-corrected chi connectivity index (χ2v) is 20.1. The lowest BCUT2D eigenvalue weighted by Crippen LogP contribution is -2.51.